The topological polar surface area (TPSA) is 158 Å². The number of aliphatic carboxylic acids is 1. The first-order valence-corrected chi connectivity index (χ1v) is 13.0. The van der Waals surface area contributed by atoms with E-state index in [0.29, 0.717) is 29.9 Å². The molecule has 0 saturated heterocycles. The SMILES string of the molecule is N#Cc1cccc(S(=O)(=O)NCCCc2ccc(C(Nc3ccc4c(N)nccc4c3)C(=O)O)cc2)c1. The second-order valence-corrected chi connectivity index (χ2v) is 10.2. The fraction of sp³-hybridized carbons (Fsp3) is 0.148. The first-order chi connectivity index (χ1) is 17.8. The number of carboxylic acid groups (broad SMARTS) is 1. The highest BCUT2D eigenvalue weighted by Crippen LogP contribution is 2.26. The molecule has 1 atom stereocenters. The van der Waals surface area contributed by atoms with Crippen molar-refractivity contribution in [1.29, 1.82) is 5.26 Å². The molecule has 0 fully saturated rings. The Morgan fingerprint density at radius 3 is 2.59 bits per heavy atom. The van der Waals surface area contributed by atoms with E-state index in [4.69, 9.17) is 11.0 Å². The number of benzene rings is 3. The van der Waals surface area contributed by atoms with E-state index in [9.17, 15) is 18.3 Å². The average molecular weight is 516 g/mol. The Labute approximate surface area is 214 Å². The van der Waals surface area contributed by atoms with Gasteiger partial charge in [-0.1, -0.05) is 30.3 Å². The summed E-state index contributed by atoms with van der Waals surface area (Å²) in [6.07, 6.45) is 2.75. The van der Waals surface area contributed by atoms with Crippen molar-refractivity contribution in [2.24, 2.45) is 0 Å². The zero-order valence-corrected chi connectivity index (χ0v) is 20.6. The van der Waals surface area contributed by atoms with Crippen LogP contribution < -0.4 is 15.8 Å². The van der Waals surface area contributed by atoms with Crippen molar-refractivity contribution in [2.75, 3.05) is 17.6 Å². The smallest absolute Gasteiger partial charge is 0.330 e. The molecule has 37 heavy (non-hydrogen) atoms. The van der Waals surface area contributed by atoms with E-state index < -0.39 is 22.0 Å². The van der Waals surface area contributed by atoms with Gasteiger partial charge in [-0.2, -0.15) is 5.26 Å². The summed E-state index contributed by atoms with van der Waals surface area (Å²) in [5, 5.41) is 23.5. The molecule has 1 unspecified atom stereocenters. The van der Waals surface area contributed by atoms with Gasteiger partial charge in [-0.05, 0) is 71.8 Å². The fourth-order valence-corrected chi connectivity index (χ4v) is 5.06. The van der Waals surface area contributed by atoms with E-state index in [2.05, 4.69) is 15.0 Å². The van der Waals surface area contributed by atoms with Crippen LogP contribution in [-0.2, 0) is 21.2 Å². The Balaban J connectivity index is 1.36. The normalized spacial score (nSPS) is 12.1. The Morgan fingerprint density at radius 1 is 1.08 bits per heavy atom. The van der Waals surface area contributed by atoms with Crippen molar-refractivity contribution in [3.63, 3.8) is 0 Å². The van der Waals surface area contributed by atoms with E-state index in [1.54, 1.807) is 36.5 Å². The third kappa shape index (κ3) is 6.22. The van der Waals surface area contributed by atoms with E-state index in [1.807, 2.05) is 30.3 Å². The summed E-state index contributed by atoms with van der Waals surface area (Å²) in [5.41, 5.74) is 8.35. The van der Waals surface area contributed by atoms with Crippen molar-refractivity contribution >= 4 is 38.3 Å². The molecule has 0 aliphatic rings. The van der Waals surface area contributed by atoms with Crippen molar-refractivity contribution in [2.45, 2.75) is 23.8 Å². The average Bonchev–Trinajstić information content (AvgIpc) is 2.90. The van der Waals surface area contributed by atoms with E-state index in [1.165, 1.54) is 18.2 Å². The molecule has 10 heteroatoms. The second-order valence-electron chi connectivity index (χ2n) is 8.43. The zero-order valence-electron chi connectivity index (χ0n) is 19.8. The van der Waals surface area contributed by atoms with Crippen LogP contribution >= 0.6 is 0 Å². The van der Waals surface area contributed by atoms with Crippen LogP contribution in [0.15, 0.2) is 83.9 Å². The van der Waals surface area contributed by atoms with Crippen LogP contribution in [0.1, 0.15) is 29.2 Å². The number of aromatic nitrogens is 1. The molecule has 0 radical (unpaired) electrons. The molecule has 0 aliphatic heterocycles. The second kappa shape index (κ2) is 11.1. The third-order valence-corrected chi connectivity index (χ3v) is 7.33. The van der Waals surface area contributed by atoms with Crippen LogP contribution in [0.2, 0.25) is 0 Å². The minimum Gasteiger partial charge on any atom is -0.479 e. The molecule has 0 amide bonds. The standard InChI is InChI=1S/C27H25N5O4S/c28-17-19-3-1-5-23(15-19)37(35,36)31-13-2-4-18-6-8-20(9-7-18)25(27(33)34)32-22-10-11-24-21(16-22)12-14-30-26(24)29/h1,3,5-12,14-16,25,31-32H,2,4,13H2,(H2,29,30)(H,33,34). The van der Waals surface area contributed by atoms with Gasteiger partial charge in [0.05, 0.1) is 16.5 Å². The molecule has 4 aromatic rings. The first-order valence-electron chi connectivity index (χ1n) is 11.5. The maximum Gasteiger partial charge on any atom is 0.330 e. The van der Waals surface area contributed by atoms with Gasteiger partial charge in [0.2, 0.25) is 10.0 Å². The largest absolute Gasteiger partial charge is 0.479 e. The maximum absolute atomic E-state index is 12.4. The molecule has 9 nitrogen and oxygen atoms in total. The number of nitrogens with two attached hydrogens (primary N) is 1. The molecule has 188 valence electrons. The minimum absolute atomic E-state index is 0.0506. The van der Waals surface area contributed by atoms with Gasteiger partial charge in [0.15, 0.2) is 6.04 Å². The molecule has 3 aromatic carbocycles. The number of nitrogen functional groups attached to an aromatic ring is 1. The highest BCUT2D eigenvalue weighted by Gasteiger charge is 2.20. The molecular formula is C27H25N5O4S. The van der Waals surface area contributed by atoms with Crippen LogP contribution in [0, 0.1) is 11.3 Å². The molecular weight excluding hydrogens is 490 g/mol. The van der Waals surface area contributed by atoms with Gasteiger partial charge in [0, 0.05) is 23.8 Å². The summed E-state index contributed by atoms with van der Waals surface area (Å²) < 4.78 is 27.4. The lowest BCUT2D eigenvalue weighted by Gasteiger charge is -2.17. The van der Waals surface area contributed by atoms with Gasteiger partial charge in [-0.25, -0.2) is 22.9 Å². The number of nitriles is 1. The lowest BCUT2D eigenvalue weighted by atomic mass is 10.0. The van der Waals surface area contributed by atoms with Gasteiger partial charge in [-0.15, -0.1) is 0 Å². The van der Waals surface area contributed by atoms with Crippen LogP contribution in [0.25, 0.3) is 10.8 Å². The number of hydrogen-bond acceptors (Lipinski definition) is 7. The molecule has 0 saturated carbocycles. The zero-order chi connectivity index (χ0) is 26.4. The molecule has 0 bridgehead atoms. The molecule has 5 N–H and O–H groups in total. The Hall–Kier alpha value is -4.46. The molecule has 1 aromatic heterocycles. The Kier molecular flexibility index (Phi) is 7.67. The van der Waals surface area contributed by atoms with E-state index in [-0.39, 0.29) is 17.0 Å². The third-order valence-electron chi connectivity index (χ3n) is 5.87. The lowest BCUT2D eigenvalue weighted by molar-refractivity contribution is -0.138. The predicted octanol–water partition coefficient (Wildman–Crippen LogP) is 3.84. The summed E-state index contributed by atoms with van der Waals surface area (Å²) in [5.74, 6) is -0.604. The number of pyridine rings is 1. The van der Waals surface area contributed by atoms with Gasteiger partial charge in [0.25, 0.3) is 0 Å². The van der Waals surface area contributed by atoms with Crippen LogP contribution in [-0.4, -0.2) is 31.0 Å². The number of hydrogen-bond donors (Lipinski definition) is 4. The number of nitrogens with zero attached hydrogens (tertiary/aromatic N) is 2. The highest BCUT2D eigenvalue weighted by molar-refractivity contribution is 7.89. The summed E-state index contributed by atoms with van der Waals surface area (Å²) >= 11 is 0. The van der Waals surface area contributed by atoms with Gasteiger partial charge >= 0.3 is 5.97 Å². The number of anilines is 2. The Morgan fingerprint density at radius 2 is 1.86 bits per heavy atom. The highest BCUT2D eigenvalue weighted by atomic mass is 32.2. The van der Waals surface area contributed by atoms with Crippen LogP contribution in [0.4, 0.5) is 11.5 Å². The van der Waals surface area contributed by atoms with Crippen molar-refractivity contribution < 1.29 is 18.3 Å². The maximum atomic E-state index is 12.4. The number of carboxylic acids is 1. The first kappa shape index (κ1) is 25.6. The number of carbonyl (C=O) groups is 1. The van der Waals surface area contributed by atoms with Crippen molar-refractivity contribution in [1.82, 2.24) is 9.71 Å². The monoisotopic (exact) mass is 515 g/mol. The fourth-order valence-electron chi connectivity index (χ4n) is 3.94. The molecule has 0 aliphatic carbocycles. The number of nitrogens with one attached hydrogen (secondary N) is 2. The number of fused-ring (bicyclic) bond motifs is 1. The number of aryl methyl sites for hydroxylation is 1. The quantitative estimate of drug-likeness (QED) is 0.232. The van der Waals surface area contributed by atoms with Crippen molar-refractivity contribution in [3.05, 3.63) is 95.7 Å². The number of sulfonamides is 1. The summed E-state index contributed by atoms with van der Waals surface area (Å²) in [4.78, 5) is 16.1. The predicted molar refractivity (Wildman–Crippen MR) is 141 cm³/mol. The summed E-state index contributed by atoms with van der Waals surface area (Å²) in [7, 11) is -3.71. The van der Waals surface area contributed by atoms with Crippen LogP contribution in [0.3, 0.4) is 0 Å². The molecule has 1 heterocycles. The Bertz CT molecular complexity index is 1580. The van der Waals surface area contributed by atoms with E-state index >= 15 is 0 Å². The van der Waals surface area contributed by atoms with Gasteiger partial charge in [-0.3, -0.25) is 0 Å². The van der Waals surface area contributed by atoms with Crippen LogP contribution in [0.5, 0.6) is 0 Å². The van der Waals surface area contributed by atoms with Gasteiger partial charge in [0.1, 0.15) is 5.82 Å². The lowest BCUT2D eigenvalue weighted by Crippen LogP contribution is -2.25. The molecule has 4 rings (SSSR count). The van der Waals surface area contributed by atoms with E-state index in [0.717, 1.165) is 16.3 Å². The minimum atomic E-state index is -3.71. The molecule has 0 spiro atoms. The van der Waals surface area contributed by atoms with Gasteiger partial charge < -0.3 is 16.2 Å². The number of rotatable bonds is 10. The summed E-state index contributed by atoms with van der Waals surface area (Å²) in [6.45, 7) is 0.224. The van der Waals surface area contributed by atoms with Crippen molar-refractivity contribution in [3.8, 4) is 6.07 Å². The summed E-state index contributed by atoms with van der Waals surface area (Å²) in [6, 6.07) is 21.2.